The van der Waals surface area contributed by atoms with Gasteiger partial charge in [0.25, 0.3) is 0 Å². The van der Waals surface area contributed by atoms with Gasteiger partial charge in [-0.15, -0.1) is 0 Å². The van der Waals surface area contributed by atoms with Gasteiger partial charge in [-0.25, -0.2) is 0 Å². The summed E-state index contributed by atoms with van der Waals surface area (Å²) in [5, 5.41) is 9.08. The molecule has 3 nitrogen and oxygen atoms in total. The number of anilines is 1. The van der Waals surface area contributed by atoms with E-state index in [1.807, 2.05) is 24.3 Å². The van der Waals surface area contributed by atoms with Gasteiger partial charge in [0.05, 0.1) is 11.3 Å². The van der Waals surface area contributed by atoms with E-state index >= 15 is 0 Å². The molecule has 1 aromatic rings. The third-order valence-corrected chi connectivity index (χ3v) is 3.32. The maximum atomic E-state index is 9.08. The van der Waals surface area contributed by atoms with Crippen LogP contribution in [0.2, 0.25) is 0 Å². The predicted octanol–water partition coefficient (Wildman–Crippen LogP) is 1.70. The molecule has 16 heavy (non-hydrogen) atoms. The van der Waals surface area contributed by atoms with E-state index in [-0.39, 0.29) is 0 Å². The molecule has 1 aliphatic heterocycles. The lowest BCUT2D eigenvalue weighted by Gasteiger charge is -2.39. The third-order valence-electron chi connectivity index (χ3n) is 3.32. The molecule has 1 unspecified atom stereocenters. The second-order valence-corrected chi connectivity index (χ2v) is 4.40. The van der Waals surface area contributed by atoms with E-state index in [1.165, 1.54) is 0 Å². The molecule has 0 saturated carbocycles. The van der Waals surface area contributed by atoms with Gasteiger partial charge in [0.15, 0.2) is 0 Å². The van der Waals surface area contributed by atoms with Crippen LogP contribution in [0.15, 0.2) is 24.3 Å². The Morgan fingerprint density at radius 1 is 1.31 bits per heavy atom. The summed E-state index contributed by atoms with van der Waals surface area (Å²) in [6, 6.07) is 10.6. The van der Waals surface area contributed by atoms with Crippen molar-refractivity contribution in [1.29, 1.82) is 5.26 Å². The quantitative estimate of drug-likeness (QED) is 0.714. The number of benzene rings is 1. The zero-order valence-corrected chi connectivity index (χ0v) is 9.85. The van der Waals surface area contributed by atoms with Crippen LogP contribution in [-0.4, -0.2) is 37.6 Å². The highest BCUT2D eigenvalue weighted by molar-refractivity contribution is 5.59. The summed E-state index contributed by atoms with van der Waals surface area (Å²) < 4.78 is 0. The fourth-order valence-corrected chi connectivity index (χ4v) is 2.11. The Balaban J connectivity index is 2.22. The highest BCUT2D eigenvalue weighted by atomic mass is 15.3. The lowest BCUT2D eigenvalue weighted by atomic mass is 10.1. The molecule has 1 fully saturated rings. The smallest absolute Gasteiger partial charge is 0.101 e. The van der Waals surface area contributed by atoms with Crippen LogP contribution in [-0.2, 0) is 0 Å². The SMILES string of the molecule is CC1CN(c2ccccc2C#N)CCN1C. The molecule has 0 spiro atoms. The topological polar surface area (TPSA) is 30.3 Å². The third kappa shape index (κ3) is 2.02. The fraction of sp³-hybridized carbons (Fsp3) is 0.462. The molecule has 0 N–H and O–H groups in total. The number of likely N-dealkylation sites (N-methyl/N-ethyl adjacent to an activating group) is 1. The summed E-state index contributed by atoms with van der Waals surface area (Å²) in [6.07, 6.45) is 0. The van der Waals surface area contributed by atoms with Crippen molar-refractivity contribution in [1.82, 2.24) is 4.90 Å². The van der Waals surface area contributed by atoms with Gasteiger partial charge in [-0.3, -0.25) is 0 Å². The van der Waals surface area contributed by atoms with Gasteiger partial charge in [-0.1, -0.05) is 12.1 Å². The van der Waals surface area contributed by atoms with Crippen LogP contribution in [0.5, 0.6) is 0 Å². The second-order valence-electron chi connectivity index (χ2n) is 4.40. The minimum atomic E-state index is 0.542. The van der Waals surface area contributed by atoms with Crippen LogP contribution in [0, 0.1) is 11.3 Å². The number of hydrogen-bond acceptors (Lipinski definition) is 3. The molecule has 84 valence electrons. The first-order valence-electron chi connectivity index (χ1n) is 5.66. The van der Waals surface area contributed by atoms with E-state index in [4.69, 9.17) is 5.26 Å². The summed E-state index contributed by atoms with van der Waals surface area (Å²) in [6.45, 7) is 5.27. The van der Waals surface area contributed by atoms with Crippen molar-refractivity contribution in [2.45, 2.75) is 13.0 Å². The Morgan fingerprint density at radius 2 is 2.06 bits per heavy atom. The zero-order valence-electron chi connectivity index (χ0n) is 9.85. The van der Waals surface area contributed by atoms with Crippen LogP contribution in [0.3, 0.4) is 0 Å². The molecule has 1 atom stereocenters. The van der Waals surface area contributed by atoms with E-state index < -0.39 is 0 Å². The average molecular weight is 215 g/mol. The van der Waals surface area contributed by atoms with Crippen molar-refractivity contribution in [3.8, 4) is 6.07 Å². The Bertz CT molecular complexity index is 408. The van der Waals surface area contributed by atoms with Crippen LogP contribution in [0.4, 0.5) is 5.69 Å². The minimum Gasteiger partial charge on any atom is -0.368 e. The molecule has 1 saturated heterocycles. The van der Waals surface area contributed by atoms with Gasteiger partial charge in [0, 0.05) is 25.7 Å². The minimum absolute atomic E-state index is 0.542. The summed E-state index contributed by atoms with van der Waals surface area (Å²) in [5.74, 6) is 0. The normalized spacial score (nSPS) is 21.8. The van der Waals surface area contributed by atoms with Crippen LogP contribution >= 0.6 is 0 Å². The Kier molecular flexibility index (Phi) is 3.12. The Hall–Kier alpha value is -1.53. The van der Waals surface area contributed by atoms with Crippen molar-refractivity contribution in [2.75, 3.05) is 31.6 Å². The number of piperazine rings is 1. The van der Waals surface area contributed by atoms with Crippen molar-refractivity contribution in [3.63, 3.8) is 0 Å². The van der Waals surface area contributed by atoms with E-state index in [2.05, 4.69) is 29.8 Å². The van der Waals surface area contributed by atoms with Gasteiger partial charge in [-0.05, 0) is 26.1 Å². The summed E-state index contributed by atoms with van der Waals surface area (Å²) >= 11 is 0. The van der Waals surface area contributed by atoms with Crippen molar-refractivity contribution >= 4 is 5.69 Å². The van der Waals surface area contributed by atoms with Crippen LogP contribution in [0.1, 0.15) is 12.5 Å². The molecule has 0 aliphatic carbocycles. The van der Waals surface area contributed by atoms with Gasteiger partial charge in [0.1, 0.15) is 6.07 Å². The molecule has 1 aromatic carbocycles. The summed E-state index contributed by atoms with van der Waals surface area (Å²) in [7, 11) is 2.15. The second kappa shape index (κ2) is 4.54. The fourth-order valence-electron chi connectivity index (χ4n) is 2.11. The van der Waals surface area contributed by atoms with Crippen molar-refractivity contribution < 1.29 is 0 Å². The lowest BCUT2D eigenvalue weighted by molar-refractivity contribution is 0.234. The summed E-state index contributed by atoms with van der Waals surface area (Å²) in [4.78, 5) is 4.66. The number of nitriles is 1. The maximum Gasteiger partial charge on any atom is 0.101 e. The summed E-state index contributed by atoms with van der Waals surface area (Å²) in [5.41, 5.74) is 1.85. The lowest BCUT2D eigenvalue weighted by Crippen LogP contribution is -2.50. The molecule has 1 heterocycles. The molecule has 0 amide bonds. The standard InChI is InChI=1S/C13H17N3/c1-11-10-16(8-7-15(11)2)13-6-4-3-5-12(13)9-14/h3-6,11H,7-8,10H2,1-2H3. The first kappa shape index (κ1) is 11.0. The van der Waals surface area contributed by atoms with Crippen LogP contribution in [0.25, 0.3) is 0 Å². The molecule has 2 rings (SSSR count). The molecule has 0 aromatic heterocycles. The van der Waals surface area contributed by atoms with Crippen LogP contribution < -0.4 is 4.90 Å². The van der Waals surface area contributed by atoms with E-state index in [0.29, 0.717) is 6.04 Å². The van der Waals surface area contributed by atoms with E-state index in [1.54, 1.807) is 0 Å². The zero-order chi connectivity index (χ0) is 11.5. The average Bonchev–Trinajstić information content (AvgIpc) is 2.32. The molecular weight excluding hydrogens is 198 g/mol. The molecular formula is C13H17N3. The van der Waals surface area contributed by atoms with Gasteiger partial charge in [0.2, 0.25) is 0 Å². The number of rotatable bonds is 1. The highest BCUT2D eigenvalue weighted by Crippen LogP contribution is 2.22. The number of hydrogen-bond donors (Lipinski definition) is 0. The van der Waals surface area contributed by atoms with Gasteiger partial charge in [-0.2, -0.15) is 5.26 Å². The Labute approximate surface area is 96.9 Å². The van der Waals surface area contributed by atoms with Crippen molar-refractivity contribution in [2.24, 2.45) is 0 Å². The highest BCUT2D eigenvalue weighted by Gasteiger charge is 2.21. The van der Waals surface area contributed by atoms with E-state index in [0.717, 1.165) is 30.9 Å². The molecule has 1 aliphatic rings. The number of para-hydroxylation sites is 1. The first-order valence-corrected chi connectivity index (χ1v) is 5.66. The van der Waals surface area contributed by atoms with Crippen molar-refractivity contribution in [3.05, 3.63) is 29.8 Å². The van der Waals surface area contributed by atoms with E-state index in [9.17, 15) is 0 Å². The maximum absolute atomic E-state index is 9.08. The van der Waals surface area contributed by atoms with Gasteiger partial charge >= 0.3 is 0 Å². The van der Waals surface area contributed by atoms with Gasteiger partial charge < -0.3 is 9.80 Å². The molecule has 0 radical (unpaired) electrons. The first-order chi connectivity index (χ1) is 7.72. The monoisotopic (exact) mass is 215 g/mol. The largest absolute Gasteiger partial charge is 0.368 e. The molecule has 0 bridgehead atoms. The number of nitrogens with zero attached hydrogens (tertiary/aromatic N) is 3. The molecule has 3 heteroatoms. The predicted molar refractivity (Wildman–Crippen MR) is 65.5 cm³/mol. The Morgan fingerprint density at radius 3 is 2.75 bits per heavy atom.